The molecule has 0 fully saturated rings. The molecule has 74 heavy (non-hydrogen) atoms. The topological polar surface area (TPSA) is 24.0 Å². The molecule has 0 aliphatic carbocycles. The van der Waals surface area contributed by atoms with Gasteiger partial charge in [0.05, 0.1) is 44.7 Å². The Bertz CT molecular complexity index is 4370. The molecule has 0 unspecified atom stereocenters. The number of hydrogen-bond acceptors (Lipinski definition) is 3. The van der Waals surface area contributed by atoms with Crippen molar-refractivity contribution in [3.63, 3.8) is 0 Å². The van der Waals surface area contributed by atoms with Crippen LogP contribution in [0.1, 0.15) is 11.1 Å². The van der Waals surface area contributed by atoms with Crippen molar-refractivity contribution in [1.29, 1.82) is 0 Å². The smallest absolute Gasteiger partial charge is 0.416 e. The summed E-state index contributed by atoms with van der Waals surface area (Å²) in [4.78, 5) is 2.94. The van der Waals surface area contributed by atoms with Crippen molar-refractivity contribution in [3.05, 3.63) is 222 Å². The molecule has 0 bridgehead atoms. The minimum Gasteiger partial charge on any atom is -0.455 e. The summed E-state index contributed by atoms with van der Waals surface area (Å²) in [6.45, 7) is 0. The molecular weight excluding hydrogens is 969 g/mol. The first-order valence-electron chi connectivity index (χ1n) is 23.0. The van der Waals surface area contributed by atoms with Gasteiger partial charge in [0, 0.05) is 73.0 Å². The molecule has 0 N–H and O–H groups in total. The van der Waals surface area contributed by atoms with Gasteiger partial charge in [0.1, 0.15) is 34.4 Å². The number of aromatic nitrogens is 1. The van der Waals surface area contributed by atoms with Crippen LogP contribution in [0.5, 0.6) is 0 Å². The molecule has 0 saturated heterocycles. The van der Waals surface area contributed by atoms with E-state index in [1.165, 1.54) is 40.1 Å². The Balaban J connectivity index is 1.04. The predicted molar refractivity (Wildman–Crippen MR) is 271 cm³/mol. The molecule has 0 spiro atoms. The number of nitrogens with zero attached hydrogens (tertiary/aromatic N) is 3. The fourth-order valence-corrected chi connectivity index (χ4v) is 10.5. The van der Waals surface area contributed by atoms with E-state index < -0.39 is 46.7 Å². The van der Waals surface area contributed by atoms with Crippen LogP contribution in [0.25, 0.3) is 81.9 Å². The summed E-state index contributed by atoms with van der Waals surface area (Å²) >= 11 is 0. The lowest BCUT2D eigenvalue weighted by Crippen LogP contribution is -2.13. The van der Waals surface area contributed by atoms with Crippen LogP contribution in [0, 0.1) is 23.3 Å². The zero-order chi connectivity index (χ0) is 50.9. The van der Waals surface area contributed by atoms with E-state index in [2.05, 4.69) is 4.40 Å². The van der Waals surface area contributed by atoms with Crippen molar-refractivity contribution >= 4 is 105 Å². The Morgan fingerprint density at radius 2 is 1.03 bits per heavy atom. The Morgan fingerprint density at radius 1 is 0.392 bits per heavy atom. The first-order chi connectivity index (χ1) is 35.6. The van der Waals surface area contributed by atoms with Crippen molar-refractivity contribution in [1.82, 2.24) is 4.40 Å². The van der Waals surface area contributed by atoms with Crippen LogP contribution in [-0.2, 0) is 12.4 Å². The highest BCUT2D eigenvalue weighted by atomic mass is 19.4. The Morgan fingerprint density at radius 3 is 1.70 bits per heavy atom. The van der Waals surface area contributed by atoms with Crippen molar-refractivity contribution in [3.8, 4) is 11.1 Å². The number of halogens is 10. The van der Waals surface area contributed by atoms with Gasteiger partial charge in [0.25, 0.3) is 0 Å². The highest BCUT2D eigenvalue weighted by molar-refractivity contribution is 6.30. The van der Waals surface area contributed by atoms with Gasteiger partial charge in [-0.2, -0.15) is 26.3 Å². The number of benzene rings is 10. The summed E-state index contributed by atoms with van der Waals surface area (Å²) < 4.78 is 152. The molecule has 0 aliphatic heterocycles. The number of alkyl halides is 6. The van der Waals surface area contributed by atoms with Crippen LogP contribution in [-0.4, -0.2) is 4.40 Å². The molecule has 0 radical (unpaired) electrons. The van der Waals surface area contributed by atoms with E-state index in [0.717, 1.165) is 109 Å². The first-order valence-corrected chi connectivity index (χ1v) is 23.0. The summed E-state index contributed by atoms with van der Waals surface area (Å²) in [5, 5.41) is 5.96. The molecule has 0 aliphatic rings. The van der Waals surface area contributed by atoms with Gasteiger partial charge in [-0.1, -0.05) is 48.5 Å². The summed E-state index contributed by atoms with van der Waals surface area (Å²) in [5.74, 6) is -3.54. The standard InChI is InChI=1S/C60H31F10N3O/c61-37-12-22-52(50(64)29-37)72(41-15-10-36(11-16-41)60(68,69)70)53-23-20-45-48-31-47-34(25-54(48)73-51-21-7-33(32-4-2-1-3-5-32)24-49(51)56(53)57(45)73)6-18-46-44-19-17-42(30-55(44)74-58(46)47)71(43-27-38(62)26-39(63)28-43)40-13-8-35(9-14-40)59(65,66)67/h1-31H. The third-order valence-electron chi connectivity index (χ3n) is 13.7. The van der Waals surface area contributed by atoms with Gasteiger partial charge in [-0.3, -0.25) is 0 Å². The lowest BCUT2D eigenvalue weighted by Gasteiger charge is -2.27. The largest absolute Gasteiger partial charge is 0.455 e. The molecule has 0 saturated carbocycles. The van der Waals surface area contributed by atoms with Gasteiger partial charge in [-0.25, -0.2) is 17.6 Å². The van der Waals surface area contributed by atoms with E-state index >= 15 is 4.39 Å². The zero-order valence-corrected chi connectivity index (χ0v) is 37.9. The van der Waals surface area contributed by atoms with Crippen LogP contribution in [0.15, 0.2) is 192 Å². The lowest BCUT2D eigenvalue weighted by molar-refractivity contribution is -0.138. The Hall–Kier alpha value is -9.04. The number of anilines is 6. The van der Waals surface area contributed by atoms with E-state index in [4.69, 9.17) is 4.42 Å². The van der Waals surface area contributed by atoms with Gasteiger partial charge < -0.3 is 18.6 Å². The number of rotatable bonds is 7. The number of fused-ring (bicyclic) bond motifs is 11. The number of furan rings is 1. The van der Waals surface area contributed by atoms with Gasteiger partial charge in [0.2, 0.25) is 0 Å². The Labute approximate surface area is 412 Å². The maximum absolute atomic E-state index is 16.2. The second-order valence-electron chi connectivity index (χ2n) is 18.1. The van der Waals surface area contributed by atoms with Crippen molar-refractivity contribution < 1.29 is 48.3 Å². The third-order valence-corrected chi connectivity index (χ3v) is 13.7. The normalized spacial score (nSPS) is 12.5. The molecule has 3 aromatic heterocycles. The van der Waals surface area contributed by atoms with E-state index in [1.54, 1.807) is 24.3 Å². The van der Waals surface area contributed by atoms with Crippen LogP contribution in [0.4, 0.5) is 78.0 Å². The maximum Gasteiger partial charge on any atom is 0.416 e. The average molecular weight is 1000 g/mol. The quantitative estimate of drug-likeness (QED) is 0.149. The van der Waals surface area contributed by atoms with E-state index in [0.29, 0.717) is 39.4 Å². The molecule has 3 heterocycles. The van der Waals surface area contributed by atoms with Crippen LogP contribution in [0.2, 0.25) is 0 Å². The molecule has 362 valence electrons. The minimum atomic E-state index is -4.64. The van der Waals surface area contributed by atoms with Crippen molar-refractivity contribution in [2.45, 2.75) is 12.4 Å². The number of hydrogen-bond donors (Lipinski definition) is 0. The molecule has 10 aromatic carbocycles. The first kappa shape index (κ1) is 44.9. The summed E-state index contributed by atoms with van der Waals surface area (Å²) in [6.07, 6.45) is -9.26. The molecule has 14 heteroatoms. The maximum atomic E-state index is 16.2. The second kappa shape index (κ2) is 16.2. The SMILES string of the molecule is Fc1cc(F)cc(N(c2ccc(C(F)(F)F)cc2)c2ccc3c(c2)oc2c4cc5c6ccc(N(c7ccc(C(F)(F)F)cc7)c7ccc(F)cc7F)c7c8cc(-c9ccccc9)ccc8n(c5cc4ccc32)c67)c1. The van der Waals surface area contributed by atoms with Gasteiger partial charge in [-0.05, 0) is 138 Å². The van der Waals surface area contributed by atoms with Gasteiger partial charge in [0.15, 0.2) is 0 Å². The van der Waals surface area contributed by atoms with Crippen LogP contribution in [0.3, 0.4) is 0 Å². The van der Waals surface area contributed by atoms with Crippen LogP contribution >= 0.6 is 0 Å². The Kier molecular flexibility index (Phi) is 9.84. The summed E-state index contributed by atoms with van der Waals surface area (Å²) in [7, 11) is 0. The summed E-state index contributed by atoms with van der Waals surface area (Å²) in [5.41, 5.74) is 4.32. The molecule has 13 aromatic rings. The van der Waals surface area contributed by atoms with Gasteiger partial charge >= 0.3 is 12.4 Å². The zero-order valence-electron chi connectivity index (χ0n) is 37.9. The second-order valence-corrected chi connectivity index (χ2v) is 18.1. The van der Waals surface area contributed by atoms with E-state index in [1.807, 2.05) is 78.9 Å². The minimum absolute atomic E-state index is 0.0223. The predicted octanol–water partition coefficient (Wildman–Crippen LogP) is 19.1. The third kappa shape index (κ3) is 7.14. The molecule has 4 nitrogen and oxygen atoms in total. The van der Waals surface area contributed by atoms with Gasteiger partial charge in [-0.15, -0.1) is 0 Å². The fourth-order valence-electron chi connectivity index (χ4n) is 10.5. The molecule has 0 amide bonds. The average Bonchev–Trinajstić information content (AvgIpc) is 4.07. The van der Waals surface area contributed by atoms with Crippen molar-refractivity contribution in [2.75, 3.05) is 9.80 Å². The van der Waals surface area contributed by atoms with Crippen molar-refractivity contribution in [2.24, 2.45) is 0 Å². The highest BCUT2D eigenvalue weighted by Gasteiger charge is 2.33. The molecule has 13 rings (SSSR count). The lowest BCUT2D eigenvalue weighted by atomic mass is 9.99. The highest BCUT2D eigenvalue weighted by Crippen LogP contribution is 2.50. The molecule has 0 atom stereocenters. The monoisotopic (exact) mass is 999 g/mol. The van der Waals surface area contributed by atoms with E-state index in [9.17, 15) is 39.5 Å². The summed E-state index contributed by atoms with van der Waals surface area (Å²) in [6, 6.07) is 47.0. The van der Waals surface area contributed by atoms with E-state index in [-0.39, 0.29) is 22.7 Å². The molecular formula is C60H31F10N3O. The van der Waals surface area contributed by atoms with Crippen LogP contribution < -0.4 is 9.80 Å². The fraction of sp³-hybridized carbons (Fsp3) is 0.0333.